The molecule has 5 heteroatoms. The van der Waals surface area contributed by atoms with Gasteiger partial charge in [-0.15, -0.1) is 11.3 Å². The first-order chi connectivity index (χ1) is 9.45. The number of benzene rings is 1. The first-order valence-electron chi connectivity index (χ1n) is 6.55. The highest BCUT2D eigenvalue weighted by molar-refractivity contribution is 7.21. The molecule has 20 heavy (non-hydrogen) atoms. The minimum absolute atomic E-state index is 0.109. The fraction of sp³-hybridized carbons (Fsp3) is 0.400. The van der Waals surface area contributed by atoms with E-state index in [1.54, 1.807) is 19.1 Å². The van der Waals surface area contributed by atoms with E-state index < -0.39 is 0 Å². The van der Waals surface area contributed by atoms with E-state index in [-0.39, 0.29) is 30.3 Å². The number of aliphatic hydroxyl groups is 1. The van der Waals surface area contributed by atoms with Gasteiger partial charge in [-0.05, 0) is 30.5 Å². The second-order valence-corrected chi connectivity index (χ2v) is 6.23. The van der Waals surface area contributed by atoms with Crippen LogP contribution in [0.2, 0.25) is 0 Å². The molecule has 0 unspecified atom stereocenters. The van der Waals surface area contributed by atoms with E-state index in [1.807, 2.05) is 13.8 Å². The molecule has 0 saturated carbocycles. The number of carbonyl (C=O) groups is 1. The van der Waals surface area contributed by atoms with Gasteiger partial charge in [0.2, 0.25) is 0 Å². The monoisotopic (exact) mass is 295 g/mol. The van der Waals surface area contributed by atoms with Gasteiger partial charge in [0.15, 0.2) is 0 Å². The number of hydrogen-bond acceptors (Lipinski definition) is 3. The van der Waals surface area contributed by atoms with Crippen molar-refractivity contribution in [3.05, 3.63) is 34.5 Å². The lowest BCUT2D eigenvalue weighted by atomic mass is 10.1. The zero-order valence-electron chi connectivity index (χ0n) is 11.7. The van der Waals surface area contributed by atoms with Crippen molar-refractivity contribution in [2.45, 2.75) is 26.8 Å². The minimum Gasteiger partial charge on any atom is -0.394 e. The summed E-state index contributed by atoms with van der Waals surface area (Å²) < 4.78 is 14.6. The van der Waals surface area contributed by atoms with Crippen LogP contribution in [0.1, 0.15) is 29.1 Å². The Bertz CT molecular complexity index is 636. The van der Waals surface area contributed by atoms with Gasteiger partial charge in [-0.2, -0.15) is 0 Å². The summed E-state index contributed by atoms with van der Waals surface area (Å²) in [5, 5.41) is 12.6. The SMILES string of the molecule is Cc1c(C(=O)N[C@H](CO)C(C)C)sc2cccc(F)c12. The Morgan fingerprint density at radius 2 is 2.15 bits per heavy atom. The van der Waals surface area contributed by atoms with E-state index in [1.165, 1.54) is 17.4 Å². The number of aryl methyl sites for hydroxylation is 1. The van der Waals surface area contributed by atoms with Crippen molar-refractivity contribution < 1.29 is 14.3 Å². The van der Waals surface area contributed by atoms with Crippen LogP contribution < -0.4 is 5.32 Å². The zero-order chi connectivity index (χ0) is 14.9. The van der Waals surface area contributed by atoms with E-state index in [4.69, 9.17) is 0 Å². The molecule has 1 amide bonds. The Morgan fingerprint density at radius 1 is 1.45 bits per heavy atom. The van der Waals surface area contributed by atoms with Crippen molar-refractivity contribution in [1.29, 1.82) is 0 Å². The zero-order valence-corrected chi connectivity index (χ0v) is 12.6. The molecule has 0 aliphatic heterocycles. The van der Waals surface area contributed by atoms with Crippen molar-refractivity contribution in [3.8, 4) is 0 Å². The molecule has 108 valence electrons. The molecule has 2 N–H and O–H groups in total. The van der Waals surface area contributed by atoms with Gasteiger partial charge in [-0.25, -0.2) is 4.39 Å². The Hall–Kier alpha value is -1.46. The predicted molar refractivity (Wildman–Crippen MR) is 79.7 cm³/mol. The molecule has 1 aromatic carbocycles. The molecular weight excluding hydrogens is 277 g/mol. The Labute approximate surface area is 121 Å². The standard InChI is InChI=1S/C15H18FNO2S/c1-8(2)11(7-18)17-15(19)14-9(3)13-10(16)5-4-6-12(13)20-14/h4-6,8,11,18H,7H2,1-3H3,(H,17,19)/t11-/m1/s1. The third-order valence-electron chi connectivity index (χ3n) is 3.43. The van der Waals surface area contributed by atoms with E-state index in [0.29, 0.717) is 15.8 Å². The Balaban J connectivity index is 2.36. The number of carbonyl (C=O) groups excluding carboxylic acids is 1. The lowest BCUT2D eigenvalue weighted by Gasteiger charge is -2.19. The number of thiophene rings is 1. The van der Waals surface area contributed by atoms with Crippen LogP contribution >= 0.6 is 11.3 Å². The van der Waals surface area contributed by atoms with Crippen LogP contribution in [0.15, 0.2) is 18.2 Å². The van der Waals surface area contributed by atoms with Crippen LogP contribution in [0.5, 0.6) is 0 Å². The number of halogens is 1. The third kappa shape index (κ3) is 2.69. The Kier molecular flexibility index (Phi) is 4.40. The fourth-order valence-corrected chi connectivity index (χ4v) is 3.25. The van der Waals surface area contributed by atoms with Crippen LogP contribution in [0.25, 0.3) is 10.1 Å². The van der Waals surface area contributed by atoms with Crippen molar-refractivity contribution in [2.24, 2.45) is 5.92 Å². The molecular formula is C15H18FNO2S. The summed E-state index contributed by atoms with van der Waals surface area (Å²) in [7, 11) is 0. The van der Waals surface area contributed by atoms with Gasteiger partial charge in [-0.3, -0.25) is 4.79 Å². The number of nitrogens with one attached hydrogen (secondary N) is 1. The van der Waals surface area contributed by atoms with E-state index >= 15 is 0 Å². The highest BCUT2D eigenvalue weighted by atomic mass is 32.1. The van der Waals surface area contributed by atoms with Crippen LogP contribution in [0, 0.1) is 18.7 Å². The largest absolute Gasteiger partial charge is 0.394 e. The van der Waals surface area contributed by atoms with E-state index in [0.717, 1.165) is 4.70 Å². The molecule has 0 bridgehead atoms. The summed E-state index contributed by atoms with van der Waals surface area (Å²) in [6.45, 7) is 5.50. The van der Waals surface area contributed by atoms with Crippen molar-refractivity contribution in [3.63, 3.8) is 0 Å². The smallest absolute Gasteiger partial charge is 0.261 e. The first kappa shape index (κ1) is 14.9. The molecule has 0 radical (unpaired) electrons. The number of hydrogen-bond donors (Lipinski definition) is 2. The normalized spacial score (nSPS) is 12.9. The van der Waals surface area contributed by atoms with Gasteiger partial charge in [0.25, 0.3) is 5.91 Å². The van der Waals surface area contributed by atoms with Crippen molar-refractivity contribution >= 4 is 27.3 Å². The van der Waals surface area contributed by atoms with Crippen molar-refractivity contribution in [1.82, 2.24) is 5.32 Å². The molecule has 0 spiro atoms. The molecule has 3 nitrogen and oxygen atoms in total. The predicted octanol–water partition coefficient (Wildman–Crippen LogP) is 3.10. The van der Waals surface area contributed by atoms with Crippen molar-refractivity contribution in [2.75, 3.05) is 6.61 Å². The molecule has 2 aromatic rings. The van der Waals surface area contributed by atoms with Gasteiger partial charge in [0, 0.05) is 10.1 Å². The minimum atomic E-state index is -0.308. The number of fused-ring (bicyclic) bond motifs is 1. The van der Waals surface area contributed by atoms with Crippen LogP contribution in [0.3, 0.4) is 0 Å². The molecule has 1 aromatic heterocycles. The summed E-state index contributed by atoms with van der Waals surface area (Å²) in [6, 6.07) is 4.55. The quantitative estimate of drug-likeness (QED) is 0.910. The number of amides is 1. The second-order valence-electron chi connectivity index (χ2n) is 5.18. The summed E-state index contributed by atoms with van der Waals surface area (Å²) in [5.74, 6) is -0.427. The Morgan fingerprint density at radius 3 is 2.70 bits per heavy atom. The maximum atomic E-state index is 13.8. The van der Waals surface area contributed by atoms with E-state index in [9.17, 15) is 14.3 Å². The molecule has 1 atom stereocenters. The molecule has 0 aliphatic rings. The summed E-state index contributed by atoms with van der Waals surface area (Å²) in [4.78, 5) is 12.8. The first-order valence-corrected chi connectivity index (χ1v) is 7.36. The second kappa shape index (κ2) is 5.89. The topological polar surface area (TPSA) is 49.3 Å². The molecule has 1 heterocycles. The average Bonchev–Trinajstić information content (AvgIpc) is 2.74. The molecule has 0 saturated heterocycles. The van der Waals surface area contributed by atoms with E-state index in [2.05, 4.69) is 5.32 Å². The molecule has 0 aliphatic carbocycles. The summed E-state index contributed by atoms with van der Waals surface area (Å²) in [5.41, 5.74) is 0.654. The average molecular weight is 295 g/mol. The van der Waals surface area contributed by atoms with Crippen LogP contribution in [-0.4, -0.2) is 23.7 Å². The number of rotatable bonds is 4. The highest BCUT2D eigenvalue weighted by Gasteiger charge is 2.21. The van der Waals surface area contributed by atoms with Gasteiger partial charge in [0.05, 0.1) is 17.5 Å². The van der Waals surface area contributed by atoms with Gasteiger partial charge < -0.3 is 10.4 Å². The highest BCUT2D eigenvalue weighted by Crippen LogP contribution is 2.32. The molecule has 2 rings (SSSR count). The van der Waals surface area contributed by atoms with Gasteiger partial charge >= 0.3 is 0 Å². The van der Waals surface area contributed by atoms with Gasteiger partial charge in [-0.1, -0.05) is 19.9 Å². The van der Waals surface area contributed by atoms with Crippen LogP contribution in [-0.2, 0) is 0 Å². The maximum Gasteiger partial charge on any atom is 0.261 e. The third-order valence-corrected chi connectivity index (χ3v) is 4.68. The number of aliphatic hydroxyl groups excluding tert-OH is 1. The van der Waals surface area contributed by atoms with Crippen LogP contribution in [0.4, 0.5) is 4.39 Å². The lowest BCUT2D eigenvalue weighted by molar-refractivity contribution is 0.0900. The fourth-order valence-electron chi connectivity index (χ4n) is 2.13. The maximum absolute atomic E-state index is 13.8. The lowest BCUT2D eigenvalue weighted by Crippen LogP contribution is -2.41. The molecule has 0 fully saturated rings. The van der Waals surface area contributed by atoms with Gasteiger partial charge in [0.1, 0.15) is 5.82 Å². The summed E-state index contributed by atoms with van der Waals surface area (Å²) in [6.07, 6.45) is 0. The summed E-state index contributed by atoms with van der Waals surface area (Å²) >= 11 is 1.28.